The lowest BCUT2D eigenvalue weighted by molar-refractivity contribution is 0.736. The Bertz CT molecular complexity index is 549. The highest BCUT2D eigenvalue weighted by atomic mass is 79.9. The van der Waals surface area contributed by atoms with Crippen LogP contribution < -0.4 is 5.73 Å². The van der Waals surface area contributed by atoms with E-state index in [-0.39, 0.29) is 6.04 Å². The molecule has 0 fully saturated rings. The van der Waals surface area contributed by atoms with Gasteiger partial charge in [0.05, 0.1) is 13.8 Å². The predicted molar refractivity (Wildman–Crippen MR) is 83.9 cm³/mol. The molecule has 0 amide bonds. The highest BCUT2D eigenvalue weighted by Gasteiger charge is 2.14. The molecule has 1 heterocycles. The molecule has 0 radical (unpaired) electrons. The van der Waals surface area contributed by atoms with Crippen molar-refractivity contribution in [2.24, 2.45) is 5.73 Å². The van der Waals surface area contributed by atoms with Crippen molar-refractivity contribution in [3.63, 3.8) is 0 Å². The maximum Gasteiger partial charge on any atom is 0.0731 e. The van der Waals surface area contributed by atoms with Crippen molar-refractivity contribution in [1.82, 2.24) is 0 Å². The van der Waals surface area contributed by atoms with Gasteiger partial charge in [0.15, 0.2) is 0 Å². The Kier molecular flexibility index (Phi) is 4.73. The summed E-state index contributed by atoms with van der Waals surface area (Å²) in [6, 6.07) is 7.69. The Balaban J connectivity index is 2.21. The van der Waals surface area contributed by atoms with Crippen molar-refractivity contribution in [3.8, 4) is 0 Å². The number of halogens is 3. The monoisotopic (exact) mass is 363 g/mol. The van der Waals surface area contributed by atoms with Crippen molar-refractivity contribution < 1.29 is 0 Å². The molecule has 2 N–H and O–H groups in total. The average Bonchev–Trinajstić information content (AvgIpc) is 2.66. The van der Waals surface area contributed by atoms with E-state index in [0.29, 0.717) is 16.5 Å². The van der Waals surface area contributed by atoms with Crippen LogP contribution in [-0.4, -0.2) is 0 Å². The van der Waals surface area contributed by atoms with Gasteiger partial charge in [0, 0.05) is 10.9 Å². The van der Waals surface area contributed by atoms with E-state index < -0.39 is 0 Å². The molecular weight excluding hydrogens is 353 g/mol. The molecule has 0 spiro atoms. The van der Waals surface area contributed by atoms with Gasteiger partial charge in [-0.3, -0.25) is 0 Å². The van der Waals surface area contributed by atoms with E-state index >= 15 is 0 Å². The molecule has 0 saturated carbocycles. The van der Waals surface area contributed by atoms with Crippen LogP contribution in [0.1, 0.15) is 22.0 Å². The van der Waals surface area contributed by atoms with Crippen LogP contribution in [0.15, 0.2) is 28.1 Å². The third kappa shape index (κ3) is 3.09. The quantitative estimate of drug-likeness (QED) is 0.778. The minimum absolute atomic E-state index is 0.0593. The van der Waals surface area contributed by atoms with E-state index in [2.05, 4.69) is 28.9 Å². The van der Waals surface area contributed by atoms with Crippen LogP contribution in [0.2, 0.25) is 10.0 Å². The van der Waals surface area contributed by atoms with Gasteiger partial charge in [0.1, 0.15) is 0 Å². The standard InChI is InChI=1S/C13H12BrCl2NS/c1-7-5-11(18-13(7)14)10(17)6-8-3-2-4-9(15)12(8)16/h2-5,10H,6,17H2,1H3. The van der Waals surface area contributed by atoms with E-state index in [1.165, 1.54) is 5.56 Å². The molecule has 0 bridgehead atoms. The van der Waals surface area contributed by atoms with Gasteiger partial charge in [-0.25, -0.2) is 0 Å². The highest BCUT2D eigenvalue weighted by molar-refractivity contribution is 9.11. The molecule has 1 unspecified atom stereocenters. The number of benzene rings is 1. The lowest BCUT2D eigenvalue weighted by atomic mass is 10.1. The lowest BCUT2D eigenvalue weighted by Crippen LogP contribution is -2.12. The third-order valence-corrected chi connectivity index (χ3v) is 5.84. The summed E-state index contributed by atoms with van der Waals surface area (Å²) in [6.07, 6.45) is 0.686. The fraction of sp³-hybridized carbons (Fsp3) is 0.231. The van der Waals surface area contributed by atoms with Crippen molar-refractivity contribution in [1.29, 1.82) is 0 Å². The summed E-state index contributed by atoms with van der Waals surface area (Å²) in [5.74, 6) is 0. The van der Waals surface area contributed by atoms with E-state index in [9.17, 15) is 0 Å². The summed E-state index contributed by atoms with van der Waals surface area (Å²) in [4.78, 5) is 1.15. The van der Waals surface area contributed by atoms with Crippen LogP contribution in [-0.2, 0) is 6.42 Å². The Hall–Kier alpha value is -0.0600. The zero-order chi connectivity index (χ0) is 13.3. The van der Waals surface area contributed by atoms with Gasteiger partial charge in [0.2, 0.25) is 0 Å². The van der Waals surface area contributed by atoms with Crippen LogP contribution >= 0.6 is 50.5 Å². The summed E-state index contributed by atoms with van der Waals surface area (Å²) >= 11 is 17.3. The molecule has 5 heteroatoms. The van der Waals surface area contributed by atoms with Crippen LogP contribution in [0.4, 0.5) is 0 Å². The third-order valence-electron chi connectivity index (χ3n) is 2.71. The Labute approximate surface area is 129 Å². The lowest BCUT2D eigenvalue weighted by Gasteiger charge is -2.11. The predicted octanol–water partition coefficient (Wildman–Crippen LogP) is 5.37. The van der Waals surface area contributed by atoms with E-state index in [1.54, 1.807) is 17.4 Å². The first-order valence-corrected chi connectivity index (χ1v) is 7.80. The van der Waals surface area contributed by atoms with Crippen LogP contribution in [0.25, 0.3) is 0 Å². The fourth-order valence-electron chi connectivity index (χ4n) is 1.71. The first-order chi connectivity index (χ1) is 8.49. The molecular formula is C13H12BrCl2NS. The van der Waals surface area contributed by atoms with E-state index in [0.717, 1.165) is 14.2 Å². The molecule has 2 aromatic rings. The van der Waals surface area contributed by atoms with Crippen molar-refractivity contribution in [2.45, 2.75) is 19.4 Å². The minimum atomic E-state index is -0.0593. The topological polar surface area (TPSA) is 26.0 Å². The molecule has 1 aromatic carbocycles. The van der Waals surface area contributed by atoms with Gasteiger partial charge in [0.25, 0.3) is 0 Å². The number of rotatable bonds is 3. The number of hydrogen-bond acceptors (Lipinski definition) is 2. The highest BCUT2D eigenvalue weighted by Crippen LogP contribution is 2.33. The molecule has 18 heavy (non-hydrogen) atoms. The number of aryl methyl sites for hydroxylation is 1. The second-order valence-corrected chi connectivity index (χ2v) is 7.32. The fourth-order valence-corrected chi connectivity index (χ4v) is 3.68. The van der Waals surface area contributed by atoms with Crippen molar-refractivity contribution >= 4 is 50.5 Å². The summed E-state index contributed by atoms with van der Waals surface area (Å²) in [5.41, 5.74) is 8.41. The molecule has 0 aliphatic rings. The smallest absolute Gasteiger partial charge is 0.0731 e. The van der Waals surface area contributed by atoms with Gasteiger partial charge in [-0.1, -0.05) is 35.3 Å². The normalized spacial score (nSPS) is 12.7. The van der Waals surface area contributed by atoms with Crippen LogP contribution in [0, 0.1) is 6.92 Å². The van der Waals surface area contributed by atoms with Crippen LogP contribution in [0.3, 0.4) is 0 Å². The molecule has 0 aliphatic carbocycles. The van der Waals surface area contributed by atoms with Gasteiger partial charge < -0.3 is 5.73 Å². The Morgan fingerprint density at radius 2 is 2.11 bits per heavy atom. The second kappa shape index (κ2) is 5.93. The Morgan fingerprint density at radius 3 is 2.72 bits per heavy atom. The van der Waals surface area contributed by atoms with Gasteiger partial charge in [-0.15, -0.1) is 11.3 Å². The molecule has 96 valence electrons. The summed E-state index contributed by atoms with van der Waals surface area (Å²) in [7, 11) is 0. The number of thiophene rings is 1. The first-order valence-electron chi connectivity index (χ1n) is 5.43. The largest absolute Gasteiger partial charge is 0.323 e. The van der Waals surface area contributed by atoms with Crippen molar-refractivity contribution in [2.75, 3.05) is 0 Å². The second-order valence-electron chi connectivity index (χ2n) is 4.13. The van der Waals surface area contributed by atoms with Crippen LogP contribution in [0.5, 0.6) is 0 Å². The zero-order valence-corrected chi connectivity index (χ0v) is 13.6. The van der Waals surface area contributed by atoms with Gasteiger partial charge >= 0.3 is 0 Å². The molecule has 2 rings (SSSR count). The summed E-state index contributed by atoms with van der Waals surface area (Å²) in [6.45, 7) is 2.06. The van der Waals surface area contributed by atoms with Gasteiger partial charge in [-0.05, 0) is 52.5 Å². The molecule has 1 nitrogen and oxygen atoms in total. The number of hydrogen-bond donors (Lipinski definition) is 1. The first kappa shape index (κ1) is 14.4. The minimum Gasteiger partial charge on any atom is -0.323 e. The van der Waals surface area contributed by atoms with E-state index in [4.69, 9.17) is 28.9 Å². The van der Waals surface area contributed by atoms with E-state index in [1.807, 2.05) is 12.1 Å². The molecule has 0 saturated heterocycles. The summed E-state index contributed by atoms with van der Waals surface area (Å²) in [5, 5.41) is 1.17. The maximum atomic E-state index is 6.22. The maximum absolute atomic E-state index is 6.22. The number of nitrogens with two attached hydrogens (primary N) is 1. The van der Waals surface area contributed by atoms with Gasteiger partial charge in [-0.2, -0.15) is 0 Å². The molecule has 1 atom stereocenters. The summed E-state index contributed by atoms with van der Waals surface area (Å²) < 4.78 is 1.13. The van der Waals surface area contributed by atoms with Crippen molar-refractivity contribution in [3.05, 3.63) is 54.1 Å². The average molecular weight is 365 g/mol. The Morgan fingerprint density at radius 1 is 1.39 bits per heavy atom. The zero-order valence-electron chi connectivity index (χ0n) is 9.71. The molecule has 0 aliphatic heterocycles. The molecule has 1 aromatic heterocycles. The SMILES string of the molecule is Cc1cc(C(N)Cc2cccc(Cl)c2Cl)sc1Br.